The third kappa shape index (κ3) is 3.53. The van der Waals surface area contributed by atoms with Crippen molar-refractivity contribution in [3.63, 3.8) is 0 Å². The lowest BCUT2D eigenvalue weighted by Gasteiger charge is -2.24. The van der Waals surface area contributed by atoms with E-state index in [-0.39, 0.29) is 5.56 Å². The molecule has 0 unspecified atom stereocenters. The summed E-state index contributed by atoms with van der Waals surface area (Å²) in [5, 5.41) is 2.89. The Morgan fingerprint density at radius 2 is 1.84 bits per heavy atom. The van der Waals surface area contributed by atoms with E-state index < -0.39 is 28.9 Å². The van der Waals surface area contributed by atoms with Crippen LogP contribution in [0.1, 0.15) is 36.7 Å². The van der Waals surface area contributed by atoms with Gasteiger partial charge in [-0.15, -0.1) is 0 Å². The van der Waals surface area contributed by atoms with Crippen molar-refractivity contribution < 1.29 is 22.4 Å². The highest BCUT2D eigenvalue weighted by molar-refractivity contribution is 6.02. The largest absolute Gasteiger partial charge is 0.419 e. The van der Waals surface area contributed by atoms with Crippen molar-refractivity contribution in [2.75, 3.05) is 6.54 Å². The van der Waals surface area contributed by atoms with Gasteiger partial charge in [0.25, 0.3) is 0 Å². The van der Waals surface area contributed by atoms with Crippen molar-refractivity contribution >= 4 is 5.78 Å². The maximum atomic E-state index is 13.4. The third-order valence-electron chi connectivity index (χ3n) is 2.72. The van der Waals surface area contributed by atoms with Crippen LogP contribution in [0.25, 0.3) is 0 Å². The van der Waals surface area contributed by atoms with Gasteiger partial charge in [0.15, 0.2) is 5.78 Å². The molecule has 0 saturated carbocycles. The number of ketones is 1. The molecular weight excluding hydrogens is 262 g/mol. The molecule has 0 bridgehead atoms. The van der Waals surface area contributed by atoms with E-state index in [9.17, 15) is 22.4 Å². The Hall–Kier alpha value is -1.43. The maximum Gasteiger partial charge on any atom is 0.419 e. The summed E-state index contributed by atoms with van der Waals surface area (Å²) in [7, 11) is 0. The first-order valence-corrected chi connectivity index (χ1v) is 5.76. The van der Waals surface area contributed by atoms with Gasteiger partial charge < -0.3 is 5.32 Å². The molecule has 0 aliphatic heterocycles. The number of hydrogen-bond donors (Lipinski definition) is 1. The van der Waals surface area contributed by atoms with E-state index in [1.54, 1.807) is 20.8 Å². The van der Waals surface area contributed by atoms with Crippen molar-refractivity contribution in [1.82, 2.24) is 5.32 Å². The quantitative estimate of drug-likeness (QED) is 0.675. The standard InChI is InChI=1S/C13H15F4NO/c1-4-18-12(2,3)11(19)8-5-6-9(10(14)7-8)13(15,16)17/h5-7,18H,4H2,1-3H3. The number of Topliss-reactive ketones (excluding diaryl/α,β-unsaturated/α-hetero) is 1. The number of hydrogen-bond acceptors (Lipinski definition) is 2. The highest BCUT2D eigenvalue weighted by Gasteiger charge is 2.35. The van der Waals surface area contributed by atoms with Gasteiger partial charge in [-0.2, -0.15) is 13.2 Å². The molecule has 0 aliphatic carbocycles. The number of carbonyl (C=O) groups is 1. The Kier molecular flexibility index (Phi) is 4.35. The summed E-state index contributed by atoms with van der Waals surface area (Å²) in [5.41, 5.74) is -2.41. The Labute approximate surface area is 108 Å². The second-order valence-electron chi connectivity index (χ2n) is 4.68. The van der Waals surface area contributed by atoms with Crippen molar-refractivity contribution in [2.24, 2.45) is 0 Å². The maximum absolute atomic E-state index is 13.4. The van der Waals surface area contributed by atoms with Crippen LogP contribution in [0.5, 0.6) is 0 Å². The minimum atomic E-state index is -4.76. The lowest BCUT2D eigenvalue weighted by atomic mass is 9.92. The van der Waals surface area contributed by atoms with Gasteiger partial charge in [0.05, 0.1) is 11.1 Å². The number of nitrogens with one attached hydrogen (secondary N) is 1. The number of benzene rings is 1. The molecule has 0 aromatic heterocycles. The van der Waals surface area contributed by atoms with Crippen LogP contribution >= 0.6 is 0 Å². The van der Waals surface area contributed by atoms with Crippen molar-refractivity contribution in [2.45, 2.75) is 32.5 Å². The summed E-state index contributed by atoms with van der Waals surface area (Å²) in [6.07, 6.45) is -4.76. The van der Waals surface area contributed by atoms with Crippen LogP contribution in [0, 0.1) is 5.82 Å². The van der Waals surface area contributed by atoms with E-state index in [0.29, 0.717) is 18.7 Å². The predicted octanol–water partition coefficient (Wildman–Crippen LogP) is 3.42. The smallest absolute Gasteiger partial charge is 0.305 e. The van der Waals surface area contributed by atoms with Crippen LogP contribution in [0.2, 0.25) is 0 Å². The van der Waals surface area contributed by atoms with E-state index in [0.717, 1.165) is 6.07 Å². The van der Waals surface area contributed by atoms with Gasteiger partial charge in [-0.25, -0.2) is 4.39 Å². The van der Waals surface area contributed by atoms with Crippen LogP contribution in [0.4, 0.5) is 17.6 Å². The number of halogens is 4. The fourth-order valence-electron chi connectivity index (χ4n) is 1.77. The van der Waals surface area contributed by atoms with E-state index in [2.05, 4.69) is 5.32 Å². The Balaban J connectivity index is 3.12. The Bertz CT molecular complexity index is 480. The average molecular weight is 277 g/mol. The fraction of sp³-hybridized carbons (Fsp3) is 0.462. The number of carbonyl (C=O) groups excluding carboxylic acids is 1. The highest BCUT2D eigenvalue weighted by Crippen LogP contribution is 2.32. The van der Waals surface area contributed by atoms with E-state index in [1.165, 1.54) is 0 Å². The molecule has 0 spiro atoms. The van der Waals surface area contributed by atoms with Gasteiger partial charge in [0, 0.05) is 5.56 Å². The van der Waals surface area contributed by atoms with Gasteiger partial charge in [0.1, 0.15) is 5.82 Å². The Morgan fingerprint density at radius 1 is 1.26 bits per heavy atom. The molecule has 19 heavy (non-hydrogen) atoms. The molecule has 0 aliphatic rings. The van der Waals surface area contributed by atoms with E-state index >= 15 is 0 Å². The molecule has 0 amide bonds. The van der Waals surface area contributed by atoms with Gasteiger partial charge in [0.2, 0.25) is 0 Å². The normalized spacial score (nSPS) is 12.6. The van der Waals surface area contributed by atoms with Gasteiger partial charge in [-0.05, 0) is 32.5 Å². The zero-order valence-electron chi connectivity index (χ0n) is 10.9. The molecule has 0 heterocycles. The minimum absolute atomic E-state index is 0.0866. The molecule has 0 saturated heterocycles. The molecule has 2 nitrogen and oxygen atoms in total. The van der Waals surface area contributed by atoms with E-state index in [1.807, 2.05) is 0 Å². The molecule has 6 heteroatoms. The number of alkyl halides is 3. The monoisotopic (exact) mass is 277 g/mol. The second-order valence-corrected chi connectivity index (χ2v) is 4.68. The van der Waals surface area contributed by atoms with E-state index in [4.69, 9.17) is 0 Å². The Morgan fingerprint density at radius 3 is 2.26 bits per heavy atom. The first kappa shape index (κ1) is 15.6. The molecule has 1 rings (SSSR count). The lowest BCUT2D eigenvalue weighted by Crippen LogP contribution is -2.46. The topological polar surface area (TPSA) is 29.1 Å². The molecule has 1 N–H and O–H groups in total. The highest BCUT2D eigenvalue weighted by atomic mass is 19.4. The van der Waals surface area contributed by atoms with Crippen LogP contribution < -0.4 is 5.32 Å². The molecular formula is C13H15F4NO. The van der Waals surface area contributed by atoms with Crippen LogP contribution in [0.3, 0.4) is 0 Å². The second kappa shape index (κ2) is 5.28. The molecule has 0 fully saturated rings. The molecule has 1 aromatic rings. The van der Waals surface area contributed by atoms with Crippen LogP contribution in [0.15, 0.2) is 18.2 Å². The summed E-state index contributed by atoms with van der Waals surface area (Å²) < 4.78 is 50.6. The molecule has 1 aromatic carbocycles. The summed E-state index contributed by atoms with van der Waals surface area (Å²) in [5.74, 6) is -1.90. The zero-order valence-corrected chi connectivity index (χ0v) is 10.9. The van der Waals surface area contributed by atoms with Crippen molar-refractivity contribution in [3.05, 3.63) is 35.1 Å². The first-order valence-electron chi connectivity index (χ1n) is 5.76. The van der Waals surface area contributed by atoms with Crippen LogP contribution in [-0.4, -0.2) is 17.9 Å². The van der Waals surface area contributed by atoms with Crippen molar-refractivity contribution in [1.29, 1.82) is 0 Å². The predicted molar refractivity (Wildman–Crippen MR) is 63.5 cm³/mol. The summed E-state index contributed by atoms with van der Waals surface area (Å²) in [4.78, 5) is 12.1. The van der Waals surface area contributed by atoms with Gasteiger partial charge in [-0.3, -0.25) is 4.79 Å². The summed E-state index contributed by atoms with van der Waals surface area (Å²) >= 11 is 0. The molecule has 0 atom stereocenters. The number of likely N-dealkylation sites (N-methyl/N-ethyl adjacent to an activating group) is 1. The molecule has 0 radical (unpaired) electrons. The van der Waals surface area contributed by atoms with Gasteiger partial charge in [-0.1, -0.05) is 13.0 Å². The van der Waals surface area contributed by atoms with Gasteiger partial charge >= 0.3 is 6.18 Å². The average Bonchev–Trinajstić information content (AvgIpc) is 2.26. The zero-order chi connectivity index (χ0) is 14.8. The lowest BCUT2D eigenvalue weighted by molar-refractivity contribution is -0.140. The first-order chi connectivity index (χ1) is 8.59. The fourth-order valence-corrected chi connectivity index (χ4v) is 1.77. The molecule has 106 valence electrons. The minimum Gasteiger partial charge on any atom is -0.305 e. The number of rotatable bonds is 4. The third-order valence-corrected chi connectivity index (χ3v) is 2.72. The van der Waals surface area contributed by atoms with Crippen molar-refractivity contribution in [3.8, 4) is 0 Å². The summed E-state index contributed by atoms with van der Waals surface area (Å²) in [6, 6.07) is 2.21. The van der Waals surface area contributed by atoms with Crippen LogP contribution in [-0.2, 0) is 6.18 Å². The summed E-state index contributed by atoms with van der Waals surface area (Å²) in [6.45, 7) is 5.49. The SMILES string of the molecule is CCNC(C)(C)C(=O)c1ccc(C(F)(F)F)c(F)c1.